The quantitative estimate of drug-likeness (QED) is 0.410. The van der Waals surface area contributed by atoms with Crippen LogP contribution in [0.5, 0.6) is 0 Å². The molecule has 0 nitrogen and oxygen atoms in total. The van der Waals surface area contributed by atoms with Gasteiger partial charge in [0, 0.05) is 0 Å². The molecule has 0 saturated heterocycles. The molecule has 0 fully saturated rings. The molecular formula is C12H27Mg. The van der Waals surface area contributed by atoms with E-state index in [-0.39, 0.29) is 23.1 Å². The molecule has 0 aliphatic carbocycles. The van der Waals surface area contributed by atoms with Gasteiger partial charge in [-0.2, -0.15) is 0 Å². The maximum Gasteiger partial charge on any atom is 0.316 e. The van der Waals surface area contributed by atoms with Gasteiger partial charge in [-0.15, -0.1) is 0 Å². The highest BCUT2D eigenvalue weighted by molar-refractivity contribution is 5.75. The molecule has 0 aliphatic rings. The minimum absolute atomic E-state index is 0. The maximum absolute atomic E-state index is 3.84. The average Bonchev–Trinajstić information content (AvgIpc) is 2.02. The zero-order valence-electron chi connectivity index (χ0n) is 8.94. The SMILES string of the molecule is [CH2]CCCCCCCCC(C)C.[MgH2]. The van der Waals surface area contributed by atoms with Crippen LogP contribution >= 0.6 is 0 Å². The minimum Gasteiger partial charge on any atom is -0.0628 e. The topological polar surface area (TPSA) is 0 Å². The molecule has 0 rings (SSSR count). The Hall–Kier alpha value is 0.766. The molecule has 0 atom stereocenters. The van der Waals surface area contributed by atoms with Crippen LogP contribution in [0, 0.1) is 12.8 Å². The van der Waals surface area contributed by atoms with Crippen molar-refractivity contribution < 1.29 is 0 Å². The molecule has 0 spiro atoms. The third kappa shape index (κ3) is 15.5. The molecule has 0 amide bonds. The average molecular weight is 196 g/mol. The molecule has 0 unspecified atom stereocenters. The summed E-state index contributed by atoms with van der Waals surface area (Å²) in [6.07, 6.45) is 11.0. The van der Waals surface area contributed by atoms with Crippen LogP contribution in [-0.4, -0.2) is 23.1 Å². The van der Waals surface area contributed by atoms with Crippen LogP contribution in [0.4, 0.5) is 0 Å². The lowest BCUT2D eigenvalue weighted by atomic mass is 10.0. The Bertz CT molecular complexity index is 79.2. The smallest absolute Gasteiger partial charge is 0.0628 e. The van der Waals surface area contributed by atoms with Crippen LogP contribution in [0.3, 0.4) is 0 Å². The van der Waals surface area contributed by atoms with Crippen molar-refractivity contribution in [1.82, 2.24) is 0 Å². The standard InChI is InChI=1S/C12H25.Mg.2H/c1-4-5-6-7-8-9-10-11-12(2)3;;;/h12H,1,4-11H2,2-3H3;;;. The van der Waals surface area contributed by atoms with Crippen molar-refractivity contribution in [3.63, 3.8) is 0 Å². The van der Waals surface area contributed by atoms with Crippen molar-refractivity contribution in [2.75, 3.05) is 0 Å². The molecule has 1 heteroatoms. The number of hydrogen-bond donors (Lipinski definition) is 0. The number of rotatable bonds is 8. The second-order valence-corrected chi connectivity index (χ2v) is 4.16. The van der Waals surface area contributed by atoms with Crippen LogP contribution in [0.25, 0.3) is 0 Å². The summed E-state index contributed by atoms with van der Waals surface area (Å²) in [6, 6.07) is 0. The molecule has 0 aliphatic heterocycles. The molecule has 0 aromatic heterocycles. The molecule has 13 heavy (non-hydrogen) atoms. The van der Waals surface area contributed by atoms with Crippen LogP contribution in [0.2, 0.25) is 0 Å². The van der Waals surface area contributed by atoms with E-state index in [0.29, 0.717) is 0 Å². The Morgan fingerprint density at radius 1 is 0.846 bits per heavy atom. The molecular weight excluding hydrogens is 168 g/mol. The van der Waals surface area contributed by atoms with E-state index in [9.17, 15) is 0 Å². The molecule has 77 valence electrons. The van der Waals surface area contributed by atoms with E-state index < -0.39 is 0 Å². The minimum atomic E-state index is 0. The van der Waals surface area contributed by atoms with E-state index in [2.05, 4.69) is 20.8 Å². The summed E-state index contributed by atoms with van der Waals surface area (Å²) in [6.45, 7) is 8.46. The second-order valence-electron chi connectivity index (χ2n) is 4.16. The lowest BCUT2D eigenvalue weighted by molar-refractivity contribution is 0.512. The van der Waals surface area contributed by atoms with E-state index in [1.165, 1.54) is 44.9 Å². The summed E-state index contributed by atoms with van der Waals surface area (Å²) in [5.74, 6) is 0.893. The highest BCUT2D eigenvalue weighted by Gasteiger charge is 1.93. The van der Waals surface area contributed by atoms with E-state index >= 15 is 0 Å². The van der Waals surface area contributed by atoms with Gasteiger partial charge in [0.25, 0.3) is 0 Å². The van der Waals surface area contributed by atoms with Gasteiger partial charge < -0.3 is 0 Å². The highest BCUT2D eigenvalue weighted by Crippen LogP contribution is 2.11. The Kier molecular flexibility index (Phi) is 15.9. The predicted molar refractivity (Wildman–Crippen MR) is 65.7 cm³/mol. The Labute approximate surface area is 101 Å². The highest BCUT2D eigenvalue weighted by atomic mass is 24.3. The molecule has 0 saturated carbocycles. The van der Waals surface area contributed by atoms with Crippen molar-refractivity contribution in [3.8, 4) is 0 Å². The summed E-state index contributed by atoms with van der Waals surface area (Å²) in [4.78, 5) is 0. The second kappa shape index (κ2) is 12.8. The monoisotopic (exact) mass is 195 g/mol. The van der Waals surface area contributed by atoms with Crippen LogP contribution < -0.4 is 0 Å². The van der Waals surface area contributed by atoms with Gasteiger partial charge in [-0.3, -0.25) is 0 Å². The third-order valence-electron chi connectivity index (χ3n) is 2.28. The first kappa shape index (κ1) is 16.2. The van der Waals surface area contributed by atoms with Crippen molar-refractivity contribution in [2.45, 2.75) is 65.2 Å². The first-order chi connectivity index (χ1) is 5.77. The summed E-state index contributed by atoms with van der Waals surface area (Å²) in [7, 11) is 0. The summed E-state index contributed by atoms with van der Waals surface area (Å²) in [5, 5.41) is 0. The number of unbranched alkanes of at least 4 members (excludes halogenated alkanes) is 6. The lowest BCUT2D eigenvalue weighted by Crippen LogP contribution is -1.87. The maximum atomic E-state index is 3.84. The van der Waals surface area contributed by atoms with Gasteiger partial charge in [0.2, 0.25) is 0 Å². The fraction of sp³-hybridized carbons (Fsp3) is 0.917. The zero-order chi connectivity index (χ0) is 9.23. The molecule has 0 aromatic carbocycles. The van der Waals surface area contributed by atoms with Gasteiger partial charge >= 0.3 is 23.1 Å². The van der Waals surface area contributed by atoms with E-state index in [4.69, 9.17) is 0 Å². The molecule has 0 aromatic rings. The molecule has 0 bridgehead atoms. The van der Waals surface area contributed by atoms with Crippen LogP contribution in [-0.2, 0) is 0 Å². The normalized spacial score (nSPS) is 10.2. The third-order valence-corrected chi connectivity index (χ3v) is 2.28. The van der Waals surface area contributed by atoms with Crippen LogP contribution in [0.1, 0.15) is 65.2 Å². The molecule has 0 N–H and O–H groups in total. The van der Waals surface area contributed by atoms with Gasteiger partial charge in [-0.25, -0.2) is 0 Å². The van der Waals surface area contributed by atoms with Crippen molar-refractivity contribution in [3.05, 3.63) is 6.92 Å². The molecule has 0 heterocycles. The predicted octanol–water partition coefficient (Wildman–Crippen LogP) is 3.68. The van der Waals surface area contributed by atoms with Crippen molar-refractivity contribution in [2.24, 2.45) is 5.92 Å². The fourth-order valence-corrected chi connectivity index (χ4v) is 1.44. The van der Waals surface area contributed by atoms with Crippen LogP contribution in [0.15, 0.2) is 0 Å². The van der Waals surface area contributed by atoms with E-state index in [1.54, 1.807) is 0 Å². The van der Waals surface area contributed by atoms with Crippen molar-refractivity contribution in [1.29, 1.82) is 0 Å². The van der Waals surface area contributed by atoms with E-state index in [1.807, 2.05) is 0 Å². The van der Waals surface area contributed by atoms with Gasteiger partial charge in [0.15, 0.2) is 0 Å². The first-order valence-corrected chi connectivity index (χ1v) is 5.56. The van der Waals surface area contributed by atoms with Crippen molar-refractivity contribution >= 4 is 23.1 Å². The largest absolute Gasteiger partial charge is 0.316 e. The Balaban J connectivity index is 0. The fourth-order valence-electron chi connectivity index (χ4n) is 1.44. The van der Waals surface area contributed by atoms with E-state index in [0.717, 1.165) is 12.3 Å². The lowest BCUT2D eigenvalue weighted by Gasteiger charge is -2.03. The molecule has 1 radical (unpaired) electrons. The summed E-state index contributed by atoms with van der Waals surface area (Å²) in [5.41, 5.74) is 0. The first-order valence-electron chi connectivity index (χ1n) is 5.56. The zero-order valence-corrected chi connectivity index (χ0v) is 8.94. The Morgan fingerprint density at radius 2 is 1.31 bits per heavy atom. The summed E-state index contributed by atoms with van der Waals surface area (Å²) >= 11 is 0. The van der Waals surface area contributed by atoms with Gasteiger partial charge in [0.1, 0.15) is 0 Å². The van der Waals surface area contributed by atoms with Gasteiger partial charge in [-0.05, 0) is 5.92 Å². The number of hydrogen-bond acceptors (Lipinski definition) is 0. The van der Waals surface area contributed by atoms with Gasteiger partial charge in [0.05, 0.1) is 0 Å². The summed E-state index contributed by atoms with van der Waals surface area (Å²) < 4.78 is 0. The Morgan fingerprint density at radius 3 is 1.77 bits per heavy atom. The van der Waals surface area contributed by atoms with Gasteiger partial charge in [-0.1, -0.05) is 72.1 Å².